The van der Waals surface area contributed by atoms with Crippen LogP contribution in [0.15, 0.2) is 4.60 Å². The Balaban J connectivity index is 2.19. The molecule has 1 aliphatic rings. The third-order valence-corrected chi connectivity index (χ3v) is 4.42. The quantitative estimate of drug-likeness (QED) is 0.838. The van der Waals surface area contributed by atoms with Crippen LogP contribution in [-0.4, -0.2) is 43.4 Å². The van der Waals surface area contributed by atoms with Crippen molar-refractivity contribution in [3.8, 4) is 5.88 Å². The molecule has 0 saturated carbocycles. The van der Waals surface area contributed by atoms with Gasteiger partial charge in [-0.3, -0.25) is 0 Å². The molecule has 0 radical (unpaired) electrons. The first-order valence-electron chi connectivity index (χ1n) is 5.83. The van der Waals surface area contributed by atoms with Crippen LogP contribution < -0.4 is 15.4 Å². The van der Waals surface area contributed by atoms with Crippen LogP contribution in [0.5, 0.6) is 5.88 Å². The second-order valence-electron chi connectivity index (χ2n) is 4.09. The summed E-state index contributed by atoms with van der Waals surface area (Å²) >= 11 is 4.97. The third-order valence-electron chi connectivity index (χ3n) is 2.98. The van der Waals surface area contributed by atoms with Crippen molar-refractivity contribution in [1.82, 2.24) is 9.97 Å². The first-order valence-corrected chi connectivity index (χ1v) is 7.44. The van der Waals surface area contributed by atoms with Crippen molar-refractivity contribution in [2.24, 2.45) is 0 Å². The van der Waals surface area contributed by atoms with Gasteiger partial charge >= 0.3 is 0 Å². The van der Waals surface area contributed by atoms with Gasteiger partial charge in [-0.2, -0.15) is 0 Å². The summed E-state index contributed by atoms with van der Waals surface area (Å²) in [5.41, 5.74) is 7.57. The summed E-state index contributed by atoms with van der Waals surface area (Å²) in [6.45, 7) is 3.10. The second-order valence-corrected chi connectivity index (χ2v) is 5.87. The Kier molecular flexibility index (Phi) is 3.46. The van der Waals surface area contributed by atoms with Crippen molar-refractivity contribution in [2.45, 2.75) is 0 Å². The van der Waals surface area contributed by atoms with Gasteiger partial charge in [0.15, 0.2) is 5.13 Å². The summed E-state index contributed by atoms with van der Waals surface area (Å²) < 4.78 is 12.4. The lowest BCUT2D eigenvalue weighted by molar-refractivity contribution is 0.122. The Morgan fingerprint density at radius 1 is 1.37 bits per heavy atom. The van der Waals surface area contributed by atoms with E-state index in [1.54, 1.807) is 7.11 Å². The van der Waals surface area contributed by atoms with Gasteiger partial charge in [0.25, 0.3) is 0 Å². The fourth-order valence-corrected chi connectivity index (χ4v) is 3.77. The van der Waals surface area contributed by atoms with E-state index >= 15 is 0 Å². The van der Waals surface area contributed by atoms with Crippen LogP contribution in [0.1, 0.15) is 0 Å². The number of fused-ring (bicyclic) bond motifs is 1. The highest BCUT2D eigenvalue weighted by Gasteiger charge is 2.23. The molecule has 0 amide bonds. The average Bonchev–Trinajstić information content (AvgIpc) is 2.80. The van der Waals surface area contributed by atoms with Gasteiger partial charge in [-0.25, -0.2) is 9.97 Å². The molecule has 1 fully saturated rings. The number of aromatic nitrogens is 2. The molecule has 102 valence electrons. The molecule has 19 heavy (non-hydrogen) atoms. The molecular formula is C11H13BrN4O2S. The molecule has 0 bridgehead atoms. The molecule has 2 aromatic rings. The van der Waals surface area contributed by atoms with Crippen molar-refractivity contribution >= 4 is 48.3 Å². The van der Waals surface area contributed by atoms with Gasteiger partial charge in [-0.15, -0.1) is 0 Å². The first-order chi connectivity index (χ1) is 9.20. The molecule has 2 aromatic heterocycles. The Hall–Kier alpha value is -1.12. The van der Waals surface area contributed by atoms with Crippen molar-refractivity contribution in [1.29, 1.82) is 0 Å². The van der Waals surface area contributed by atoms with Gasteiger partial charge in [0.05, 0.1) is 30.7 Å². The normalized spacial score (nSPS) is 16.0. The number of hydrogen-bond acceptors (Lipinski definition) is 7. The van der Waals surface area contributed by atoms with Gasteiger partial charge in [0, 0.05) is 13.1 Å². The van der Waals surface area contributed by atoms with E-state index in [1.807, 2.05) is 0 Å². The fourth-order valence-electron chi connectivity index (χ4n) is 2.13. The van der Waals surface area contributed by atoms with Gasteiger partial charge in [0.1, 0.15) is 10.1 Å². The number of halogens is 1. The minimum Gasteiger partial charge on any atom is -0.479 e. The van der Waals surface area contributed by atoms with E-state index in [2.05, 4.69) is 30.8 Å². The zero-order valence-corrected chi connectivity index (χ0v) is 12.8. The van der Waals surface area contributed by atoms with E-state index in [0.717, 1.165) is 33.6 Å². The molecule has 1 saturated heterocycles. The molecule has 0 spiro atoms. The van der Waals surface area contributed by atoms with Crippen LogP contribution in [0.25, 0.3) is 10.2 Å². The lowest BCUT2D eigenvalue weighted by Gasteiger charge is -2.29. The van der Waals surface area contributed by atoms with Crippen molar-refractivity contribution in [3.63, 3.8) is 0 Å². The molecule has 0 aromatic carbocycles. The number of nitrogen functional groups attached to an aromatic ring is 1. The van der Waals surface area contributed by atoms with Gasteiger partial charge in [-0.1, -0.05) is 11.3 Å². The van der Waals surface area contributed by atoms with Gasteiger partial charge in [-0.05, 0) is 15.9 Å². The number of rotatable bonds is 2. The minimum atomic E-state index is 0.492. The lowest BCUT2D eigenvalue weighted by atomic mass is 10.3. The Morgan fingerprint density at radius 2 is 2.11 bits per heavy atom. The maximum atomic E-state index is 5.83. The number of hydrogen-bond donors (Lipinski definition) is 1. The number of nitrogens with two attached hydrogens (primary N) is 1. The van der Waals surface area contributed by atoms with E-state index in [9.17, 15) is 0 Å². The first kappa shape index (κ1) is 12.9. The Morgan fingerprint density at radius 3 is 2.79 bits per heavy atom. The maximum absolute atomic E-state index is 5.83. The van der Waals surface area contributed by atoms with E-state index in [4.69, 9.17) is 15.2 Å². The van der Waals surface area contributed by atoms with E-state index in [1.165, 1.54) is 11.3 Å². The van der Waals surface area contributed by atoms with Crippen LogP contribution in [0, 0.1) is 0 Å². The molecule has 2 N–H and O–H groups in total. The van der Waals surface area contributed by atoms with E-state index in [-0.39, 0.29) is 0 Å². The largest absolute Gasteiger partial charge is 0.479 e. The predicted octanol–water partition coefficient (Wildman–Crippen LogP) is 1.88. The summed E-state index contributed by atoms with van der Waals surface area (Å²) in [6.07, 6.45) is 0. The predicted molar refractivity (Wildman–Crippen MR) is 79.1 cm³/mol. The number of nitrogens with zero attached hydrogens (tertiary/aromatic N) is 3. The zero-order valence-electron chi connectivity index (χ0n) is 10.4. The number of methoxy groups -OCH3 is 1. The average molecular weight is 345 g/mol. The molecule has 3 heterocycles. The highest BCUT2D eigenvalue weighted by atomic mass is 79.9. The van der Waals surface area contributed by atoms with Crippen LogP contribution in [0.2, 0.25) is 0 Å². The smallest absolute Gasteiger partial charge is 0.242 e. The lowest BCUT2D eigenvalue weighted by Crippen LogP contribution is -2.36. The number of morpholine rings is 1. The SMILES string of the molecule is COc1nc(Br)c(N2CCOCC2)c2sc(N)nc12. The summed E-state index contributed by atoms with van der Waals surface area (Å²) in [5.74, 6) is 0.492. The Bertz CT molecular complexity index is 612. The fraction of sp³-hybridized carbons (Fsp3) is 0.455. The minimum absolute atomic E-state index is 0.492. The maximum Gasteiger partial charge on any atom is 0.242 e. The van der Waals surface area contributed by atoms with E-state index < -0.39 is 0 Å². The van der Waals surface area contributed by atoms with E-state index in [0.29, 0.717) is 24.2 Å². The molecule has 0 aliphatic carbocycles. The van der Waals surface area contributed by atoms with Gasteiger partial charge in [0.2, 0.25) is 5.88 Å². The van der Waals surface area contributed by atoms with Crippen LogP contribution in [0.4, 0.5) is 10.8 Å². The summed E-state index contributed by atoms with van der Waals surface area (Å²) in [5, 5.41) is 0.516. The molecule has 6 nitrogen and oxygen atoms in total. The number of pyridine rings is 1. The highest BCUT2D eigenvalue weighted by Crippen LogP contribution is 2.41. The molecule has 0 atom stereocenters. The van der Waals surface area contributed by atoms with Crippen LogP contribution >= 0.6 is 27.3 Å². The Labute approximate surface area is 122 Å². The number of ether oxygens (including phenoxy) is 2. The molecule has 1 aliphatic heterocycles. The standard InChI is InChI=1S/C11H13BrN4O2S/c1-17-10-6-8(19-11(13)14-6)7(9(12)15-10)16-2-4-18-5-3-16/h2-5H2,1H3,(H2,13,14). The molecule has 3 rings (SSSR count). The molecule has 8 heteroatoms. The molecule has 0 unspecified atom stereocenters. The highest BCUT2D eigenvalue weighted by molar-refractivity contribution is 9.10. The topological polar surface area (TPSA) is 73.5 Å². The zero-order chi connectivity index (χ0) is 13.4. The number of anilines is 2. The number of thiazole rings is 1. The van der Waals surface area contributed by atoms with Crippen molar-refractivity contribution < 1.29 is 9.47 Å². The summed E-state index contributed by atoms with van der Waals surface area (Å²) in [7, 11) is 1.58. The van der Waals surface area contributed by atoms with Crippen molar-refractivity contribution in [3.05, 3.63) is 4.60 Å². The monoisotopic (exact) mass is 344 g/mol. The van der Waals surface area contributed by atoms with Crippen molar-refractivity contribution in [2.75, 3.05) is 44.0 Å². The summed E-state index contributed by atoms with van der Waals surface area (Å²) in [6, 6.07) is 0. The second kappa shape index (κ2) is 5.10. The van der Waals surface area contributed by atoms with Crippen LogP contribution in [0.3, 0.4) is 0 Å². The molecular weight excluding hydrogens is 332 g/mol. The summed E-state index contributed by atoms with van der Waals surface area (Å²) in [4.78, 5) is 11.0. The third kappa shape index (κ3) is 2.24. The van der Waals surface area contributed by atoms with Gasteiger partial charge < -0.3 is 20.1 Å². The van der Waals surface area contributed by atoms with Crippen LogP contribution in [-0.2, 0) is 4.74 Å².